The van der Waals surface area contributed by atoms with Crippen molar-refractivity contribution in [1.82, 2.24) is 14.9 Å². The fourth-order valence-electron chi connectivity index (χ4n) is 3.55. The van der Waals surface area contributed by atoms with Crippen LogP contribution >= 0.6 is 11.6 Å². The van der Waals surface area contributed by atoms with Crippen LogP contribution in [0.4, 0.5) is 0 Å². The summed E-state index contributed by atoms with van der Waals surface area (Å²) in [5.41, 5.74) is 2.04. The summed E-state index contributed by atoms with van der Waals surface area (Å²) < 4.78 is 7.88. The number of nitrogens with zero attached hydrogens (tertiary/aromatic N) is 2. The summed E-state index contributed by atoms with van der Waals surface area (Å²) in [6.07, 6.45) is 4.55. The van der Waals surface area contributed by atoms with Gasteiger partial charge in [0.1, 0.15) is 18.2 Å². The third-order valence-corrected chi connectivity index (χ3v) is 4.99. The molecule has 0 saturated carbocycles. The second-order valence-electron chi connectivity index (χ2n) is 6.66. The molecule has 126 valence electrons. The summed E-state index contributed by atoms with van der Waals surface area (Å²) in [6, 6.07) is 5.72. The molecule has 1 N–H and O–H groups in total. The van der Waals surface area contributed by atoms with Gasteiger partial charge < -0.3 is 14.6 Å². The van der Waals surface area contributed by atoms with Gasteiger partial charge in [-0.1, -0.05) is 11.6 Å². The number of nitrogens with one attached hydrogen (secondary N) is 1. The van der Waals surface area contributed by atoms with Crippen molar-refractivity contribution in [2.45, 2.75) is 38.8 Å². The van der Waals surface area contributed by atoms with Gasteiger partial charge in [-0.3, -0.25) is 4.79 Å². The molecule has 1 amide bonds. The Morgan fingerprint density at radius 1 is 1.46 bits per heavy atom. The number of aromatic nitrogens is 2. The average molecular weight is 346 g/mol. The third-order valence-electron chi connectivity index (χ3n) is 4.76. The van der Waals surface area contributed by atoms with Crippen molar-refractivity contribution in [3.8, 4) is 5.75 Å². The van der Waals surface area contributed by atoms with E-state index in [-0.39, 0.29) is 17.9 Å². The van der Waals surface area contributed by atoms with Gasteiger partial charge >= 0.3 is 0 Å². The normalized spacial score (nSPS) is 22.2. The van der Waals surface area contributed by atoms with Crippen molar-refractivity contribution in [3.63, 3.8) is 0 Å². The lowest BCUT2D eigenvalue weighted by molar-refractivity contribution is -0.127. The lowest BCUT2D eigenvalue weighted by atomic mass is 9.95. The van der Waals surface area contributed by atoms with Gasteiger partial charge in [-0.25, -0.2) is 4.98 Å². The zero-order valence-corrected chi connectivity index (χ0v) is 14.3. The van der Waals surface area contributed by atoms with Gasteiger partial charge in [0.25, 0.3) is 0 Å². The highest BCUT2D eigenvalue weighted by molar-refractivity contribution is 6.30. The van der Waals surface area contributed by atoms with Crippen molar-refractivity contribution in [1.29, 1.82) is 0 Å². The van der Waals surface area contributed by atoms with Gasteiger partial charge in [0, 0.05) is 30.2 Å². The van der Waals surface area contributed by atoms with Crippen LogP contribution in [0.5, 0.6) is 5.75 Å². The van der Waals surface area contributed by atoms with Crippen LogP contribution in [0.3, 0.4) is 0 Å². The number of benzene rings is 1. The van der Waals surface area contributed by atoms with Gasteiger partial charge in [0.2, 0.25) is 5.91 Å². The van der Waals surface area contributed by atoms with Gasteiger partial charge in [-0.05, 0) is 43.5 Å². The van der Waals surface area contributed by atoms with Crippen molar-refractivity contribution < 1.29 is 9.53 Å². The highest BCUT2D eigenvalue weighted by atomic mass is 35.5. The second kappa shape index (κ2) is 6.13. The molecule has 1 aromatic carbocycles. The molecule has 2 aliphatic heterocycles. The highest BCUT2D eigenvalue weighted by Crippen LogP contribution is 2.30. The first-order chi connectivity index (χ1) is 11.6. The van der Waals surface area contributed by atoms with Crippen molar-refractivity contribution in [2.75, 3.05) is 6.61 Å². The number of carbonyl (C=O) groups is 1. The van der Waals surface area contributed by atoms with E-state index in [4.69, 9.17) is 16.3 Å². The number of imidazole rings is 1. The Bertz CT molecular complexity index is 787. The van der Waals surface area contributed by atoms with Crippen LogP contribution < -0.4 is 10.1 Å². The Labute approximate surface area is 146 Å². The number of fused-ring (bicyclic) bond motifs is 2. The van der Waals surface area contributed by atoms with E-state index in [2.05, 4.69) is 21.1 Å². The van der Waals surface area contributed by atoms with Crippen molar-refractivity contribution in [3.05, 3.63) is 46.5 Å². The largest absolute Gasteiger partial charge is 0.492 e. The predicted octanol–water partition coefficient (Wildman–Crippen LogP) is 2.53. The molecule has 6 heteroatoms. The van der Waals surface area contributed by atoms with E-state index in [9.17, 15) is 4.79 Å². The number of halogens is 1. The summed E-state index contributed by atoms with van der Waals surface area (Å²) in [7, 11) is 0. The molecule has 3 heterocycles. The number of hydrogen-bond donors (Lipinski definition) is 1. The quantitative estimate of drug-likeness (QED) is 0.910. The van der Waals surface area contributed by atoms with Crippen molar-refractivity contribution >= 4 is 17.5 Å². The molecule has 5 nitrogen and oxygen atoms in total. The van der Waals surface area contributed by atoms with E-state index in [1.807, 2.05) is 25.1 Å². The molecule has 24 heavy (non-hydrogen) atoms. The summed E-state index contributed by atoms with van der Waals surface area (Å²) in [5.74, 6) is 1.84. The minimum Gasteiger partial charge on any atom is -0.492 e. The zero-order valence-electron chi connectivity index (χ0n) is 13.6. The summed E-state index contributed by atoms with van der Waals surface area (Å²) in [5, 5.41) is 3.86. The molecule has 1 aromatic heterocycles. The molecule has 2 atom stereocenters. The van der Waals surface area contributed by atoms with Gasteiger partial charge in [0.05, 0.1) is 11.6 Å². The maximum absolute atomic E-state index is 12.6. The van der Waals surface area contributed by atoms with Gasteiger partial charge in [-0.15, -0.1) is 0 Å². The van der Waals surface area contributed by atoms with Crippen LogP contribution in [0, 0.1) is 12.8 Å². The Morgan fingerprint density at radius 3 is 3.21 bits per heavy atom. The lowest BCUT2D eigenvalue weighted by Gasteiger charge is -2.29. The summed E-state index contributed by atoms with van der Waals surface area (Å²) in [6.45, 7) is 3.21. The number of ether oxygens (including phenoxy) is 1. The van der Waals surface area contributed by atoms with E-state index in [1.165, 1.54) is 0 Å². The van der Waals surface area contributed by atoms with E-state index in [1.54, 1.807) is 0 Å². The first-order valence-corrected chi connectivity index (χ1v) is 8.70. The Hall–Kier alpha value is -2.01. The number of carbonyl (C=O) groups excluding carboxylic acids is 1. The SMILES string of the molecule is Cc1cn2c(n1)CC[C@@H](NC(=O)[C@@H]1COc3ccc(Cl)cc3C1)C2. The minimum atomic E-state index is -0.165. The Morgan fingerprint density at radius 2 is 2.33 bits per heavy atom. The topological polar surface area (TPSA) is 56.2 Å². The van der Waals surface area contributed by atoms with Crippen LogP contribution in [0.15, 0.2) is 24.4 Å². The monoisotopic (exact) mass is 345 g/mol. The molecule has 0 spiro atoms. The molecule has 0 unspecified atom stereocenters. The molecule has 0 radical (unpaired) electrons. The fraction of sp³-hybridized carbons (Fsp3) is 0.444. The predicted molar refractivity (Wildman–Crippen MR) is 91.4 cm³/mol. The molecule has 2 aliphatic rings. The smallest absolute Gasteiger partial charge is 0.227 e. The van der Waals surface area contributed by atoms with E-state index in [0.717, 1.165) is 42.2 Å². The van der Waals surface area contributed by atoms with Crippen LogP contribution in [-0.4, -0.2) is 28.1 Å². The number of hydrogen-bond acceptors (Lipinski definition) is 3. The molecule has 4 rings (SSSR count). The number of amides is 1. The van der Waals surface area contributed by atoms with Gasteiger partial charge in [0.15, 0.2) is 0 Å². The first-order valence-electron chi connectivity index (χ1n) is 8.33. The van der Waals surface area contributed by atoms with E-state index < -0.39 is 0 Å². The van der Waals surface area contributed by atoms with Crippen LogP contribution in [-0.2, 0) is 24.2 Å². The summed E-state index contributed by atoms with van der Waals surface area (Å²) in [4.78, 5) is 17.1. The molecule has 2 aromatic rings. The molecular formula is C18H20ClN3O2. The van der Waals surface area contributed by atoms with Crippen molar-refractivity contribution in [2.24, 2.45) is 5.92 Å². The lowest BCUT2D eigenvalue weighted by Crippen LogP contribution is -2.46. The molecular weight excluding hydrogens is 326 g/mol. The number of rotatable bonds is 2. The molecule has 0 bridgehead atoms. The fourth-order valence-corrected chi connectivity index (χ4v) is 3.75. The Kier molecular flexibility index (Phi) is 3.96. The number of aryl methyl sites for hydroxylation is 2. The van der Waals surface area contributed by atoms with Crippen LogP contribution in [0.1, 0.15) is 23.5 Å². The molecule has 0 fully saturated rings. The first kappa shape index (κ1) is 15.5. The van der Waals surface area contributed by atoms with Gasteiger partial charge in [-0.2, -0.15) is 0 Å². The van der Waals surface area contributed by atoms with E-state index >= 15 is 0 Å². The highest BCUT2D eigenvalue weighted by Gasteiger charge is 2.29. The summed E-state index contributed by atoms with van der Waals surface area (Å²) >= 11 is 6.04. The third kappa shape index (κ3) is 3.00. The van der Waals surface area contributed by atoms with Crippen LogP contribution in [0.2, 0.25) is 5.02 Å². The zero-order chi connectivity index (χ0) is 16.7. The van der Waals surface area contributed by atoms with Crippen LogP contribution in [0.25, 0.3) is 0 Å². The standard InChI is InChI=1S/C18H20ClN3O2/c1-11-8-22-9-15(3-5-17(22)20-11)21-18(23)13-6-12-7-14(19)2-4-16(12)24-10-13/h2,4,7-8,13,15H,3,5-6,9-10H2,1H3,(H,21,23)/t13-,15+/m0/s1. The van der Waals surface area contributed by atoms with E-state index in [0.29, 0.717) is 18.1 Å². The average Bonchev–Trinajstić information content (AvgIpc) is 2.93. The Balaban J connectivity index is 1.40. The maximum atomic E-state index is 12.6. The molecule has 0 saturated heterocycles. The second-order valence-corrected chi connectivity index (χ2v) is 7.10. The minimum absolute atomic E-state index is 0.0610. The maximum Gasteiger partial charge on any atom is 0.227 e. The molecule has 0 aliphatic carbocycles.